The molecule has 0 fully saturated rings. The van der Waals surface area contributed by atoms with Crippen LogP contribution < -0.4 is 14.8 Å². The van der Waals surface area contributed by atoms with Gasteiger partial charge in [-0.15, -0.1) is 0 Å². The van der Waals surface area contributed by atoms with E-state index in [1.807, 2.05) is 25.2 Å². The van der Waals surface area contributed by atoms with E-state index in [4.69, 9.17) is 23.7 Å². The largest absolute Gasteiger partial charge is 0.454 e. The van der Waals surface area contributed by atoms with Crippen LogP contribution in [0.15, 0.2) is 18.2 Å². The van der Waals surface area contributed by atoms with Crippen molar-refractivity contribution >= 4 is 0 Å². The van der Waals surface area contributed by atoms with Crippen LogP contribution in [0.4, 0.5) is 0 Å². The number of hydrogen-bond donors (Lipinski definition) is 1. The molecule has 0 saturated carbocycles. The molecule has 0 saturated heterocycles. The summed E-state index contributed by atoms with van der Waals surface area (Å²) in [7, 11) is 3.57. The standard InChI is InChI=1S/C15H23NO5/c1-16-13(10-19-8-7-18-6-5-17-2)12-3-4-14-15(9-12)21-11-20-14/h3-4,9,13,16H,5-8,10-11H2,1-2H3. The van der Waals surface area contributed by atoms with E-state index in [0.29, 0.717) is 39.8 Å². The molecule has 1 unspecified atom stereocenters. The third kappa shape index (κ3) is 4.86. The van der Waals surface area contributed by atoms with Crippen molar-refractivity contribution in [2.75, 3.05) is 54.0 Å². The Balaban J connectivity index is 1.73. The van der Waals surface area contributed by atoms with Gasteiger partial charge in [0.2, 0.25) is 6.79 Å². The van der Waals surface area contributed by atoms with Crippen molar-refractivity contribution in [3.63, 3.8) is 0 Å². The molecule has 0 amide bonds. The minimum absolute atomic E-state index is 0.110. The normalized spacial score (nSPS) is 14.4. The number of rotatable bonds is 10. The number of likely N-dealkylation sites (N-methyl/N-ethyl adjacent to an activating group) is 1. The Morgan fingerprint density at radius 2 is 1.86 bits per heavy atom. The van der Waals surface area contributed by atoms with Crippen molar-refractivity contribution in [3.05, 3.63) is 23.8 Å². The van der Waals surface area contributed by atoms with Crippen molar-refractivity contribution < 1.29 is 23.7 Å². The Labute approximate surface area is 125 Å². The lowest BCUT2D eigenvalue weighted by molar-refractivity contribution is 0.0197. The summed E-state index contributed by atoms with van der Waals surface area (Å²) >= 11 is 0. The average Bonchev–Trinajstić information content (AvgIpc) is 2.97. The van der Waals surface area contributed by atoms with Gasteiger partial charge in [-0.1, -0.05) is 6.07 Å². The first-order chi connectivity index (χ1) is 10.3. The van der Waals surface area contributed by atoms with Gasteiger partial charge in [0.05, 0.1) is 39.1 Å². The van der Waals surface area contributed by atoms with E-state index < -0.39 is 0 Å². The molecule has 0 bridgehead atoms. The van der Waals surface area contributed by atoms with E-state index in [-0.39, 0.29) is 6.04 Å². The maximum absolute atomic E-state index is 5.64. The molecule has 1 aliphatic rings. The summed E-state index contributed by atoms with van der Waals surface area (Å²) in [5.74, 6) is 1.58. The lowest BCUT2D eigenvalue weighted by atomic mass is 10.1. The van der Waals surface area contributed by atoms with Crippen molar-refractivity contribution in [1.29, 1.82) is 0 Å². The molecule has 21 heavy (non-hydrogen) atoms. The number of hydrogen-bond acceptors (Lipinski definition) is 6. The molecule has 118 valence electrons. The second-order valence-corrected chi connectivity index (χ2v) is 4.63. The first-order valence-corrected chi connectivity index (χ1v) is 7.06. The fraction of sp³-hybridized carbons (Fsp3) is 0.600. The molecule has 2 rings (SSSR count). The van der Waals surface area contributed by atoms with Crippen LogP contribution in [0.3, 0.4) is 0 Å². The van der Waals surface area contributed by atoms with Crippen molar-refractivity contribution in [2.24, 2.45) is 0 Å². The molecule has 1 aromatic rings. The van der Waals surface area contributed by atoms with Gasteiger partial charge in [-0.05, 0) is 24.7 Å². The van der Waals surface area contributed by atoms with Crippen LogP contribution in [0.2, 0.25) is 0 Å². The van der Waals surface area contributed by atoms with Crippen molar-refractivity contribution in [3.8, 4) is 11.5 Å². The summed E-state index contributed by atoms with van der Waals surface area (Å²) in [6.45, 7) is 3.20. The van der Waals surface area contributed by atoms with E-state index in [1.165, 1.54) is 0 Å². The Hall–Kier alpha value is -1.34. The minimum atomic E-state index is 0.110. The molecule has 0 aromatic heterocycles. The first-order valence-electron chi connectivity index (χ1n) is 7.06. The van der Waals surface area contributed by atoms with Gasteiger partial charge < -0.3 is 29.0 Å². The summed E-state index contributed by atoms with van der Waals surface area (Å²) in [5.41, 5.74) is 1.11. The Morgan fingerprint density at radius 3 is 2.67 bits per heavy atom. The molecule has 1 N–H and O–H groups in total. The SMILES string of the molecule is CNC(COCCOCCOC)c1ccc2c(c1)OCO2. The fourth-order valence-electron chi connectivity index (χ4n) is 2.04. The quantitative estimate of drug-likeness (QED) is 0.658. The monoisotopic (exact) mass is 297 g/mol. The van der Waals surface area contributed by atoms with Crippen LogP contribution in [-0.2, 0) is 14.2 Å². The highest BCUT2D eigenvalue weighted by Gasteiger charge is 2.17. The van der Waals surface area contributed by atoms with E-state index >= 15 is 0 Å². The molecule has 6 nitrogen and oxygen atoms in total. The molecule has 1 aromatic carbocycles. The highest BCUT2D eigenvalue weighted by atomic mass is 16.7. The van der Waals surface area contributed by atoms with E-state index in [0.717, 1.165) is 17.1 Å². The maximum Gasteiger partial charge on any atom is 0.231 e. The highest BCUT2D eigenvalue weighted by molar-refractivity contribution is 5.45. The molecule has 0 aliphatic carbocycles. The highest BCUT2D eigenvalue weighted by Crippen LogP contribution is 2.34. The topological polar surface area (TPSA) is 58.2 Å². The molecule has 0 spiro atoms. The van der Waals surface area contributed by atoms with Crippen LogP contribution in [0.5, 0.6) is 11.5 Å². The average molecular weight is 297 g/mol. The van der Waals surface area contributed by atoms with Gasteiger partial charge in [-0.3, -0.25) is 0 Å². The Kier molecular flexibility index (Phi) is 6.75. The predicted molar refractivity (Wildman–Crippen MR) is 77.9 cm³/mol. The van der Waals surface area contributed by atoms with Crippen LogP contribution in [0.1, 0.15) is 11.6 Å². The van der Waals surface area contributed by atoms with Crippen molar-refractivity contribution in [1.82, 2.24) is 5.32 Å². The zero-order chi connectivity index (χ0) is 14.9. The second-order valence-electron chi connectivity index (χ2n) is 4.63. The van der Waals surface area contributed by atoms with E-state index in [9.17, 15) is 0 Å². The van der Waals surface area contributed by atoms with Gasteiger partial charge in [0, 0.05) is 7.11 Å². The van der Waals surface area contributed by atoms with Crippen LogP contribution in [-0.4, -0.2) is 54.0 Å². The predicted octanol–water partition coefficient (Wildman–Crippen LogP) is 1.36. The number of methoxy groups -OCH3 is 1. The second kappa shape index (κ2) is 8.84. The summed E-state index contributed by atoms with van der Waals surface area (Å²) in [6.07, 6.45) is 0. The molecular formula is C15H23NO5. The summed E-state index contributed by atoms with van der Waals surface area (Å²) < 4.78 is 26.6. The number of ether oxygens (including phenoxy) is 5. The Morgan fingerprint density at radius 1 is 1.10 bits per heavy atom. The summed E-state index contributed by atoms with van der Waals surface area (Å²) in [6, 6.07) is 6.05. The fourth-order valence-corrected chi connectivity index (χ4v) is 2.04. The molecular weight excluding hydrogens is 274 g/mol. The lowest BCUT2D eigenvalue weighted by Gasteiger charge is -2.17. The molecule has 0 radical (unpaired) electrons. The number of nitrogens with one attached hydrogen (secondary N) is 1. The smallest absolute Gasteiger partial charge is 0.231 e. The maximum atomic E-state index is 5.64. The summed E-state index contributed by atoms with van der Waals surface area (Å²) in [4.78, 5) is 0. The third-order valence-corrected chi connectivity index (χ3v) is 3.24. The van der Waals surface area contributed by atoms with Gasteiger partial charge in [0.1, 0.15) is 0 Å². The van der Waals surface area contributed by atoms with E-state index in [2.05, 4.69) is 5.32 Å². The molecule has 6 heteroatoms. The van der Waals surface area contributed by atoms with Gasteiger partial charge in [-0.2, -0.15) is 0 Å². The summed E-state index contributed by atoms with van der Waals surface area (Å²) in [5, 5.41) is 3.24. The van der Waals surface area contributed by atoms with Gasteiger partial charge in [0.15, 0.2) is 11.5 Å². The van der Waals surface area contributed by atoms with Gasteiger partial charge in [0.25, 0.3) is 0 Å². The van der Waals surface area contributed by atoms with Gasteiger partial charge >= 0.3 is 0 Å². The molecule has 1 atom stereocenters. The first kappa shape index (κ1) is 16.0. The molecule has 1 aliphatic heterocycles. The van der Waals surface area contributed by atoms with Gasteiger partial charge in [-0.25, -0.2) is 0 Å². The van der Waals surface area contributed by atoms with Crippen molar-refractivity contribution in [2.45, 2.75) is 6.04 Å². The number of benzene rings is 1. The van der Waals surface area contributed by atoms with Crippen LogP contribution in [0.25, 0.3) is 0 Å². The van der Waals surface area contributed by atoms with Crippen LogP contribution >= 0.6 is 0 Å². The van der Waals surface area contributed by atoms with Crippen LogP contribution in [0, 0.1) is 0 Å². The Bertz CT molecular complexity index is 427. The zero-order valence-electron chi connectivity index (χ0n) is 12.6. The molecule has 1 heterocycles. The lowest BCUT2D eigenvalue weighted by Crippen LogP contribution is -2.23. The zero-order valence-corrected chi connectivity index (χ0v) is 12.6. The third-order valence-electron chi connectivity index (χ3n) is 3.24. The number of fused-ring (bicyclic) bond motifs is 1. The minimum Gasteiger partial charge on any atom is -0.454 e. The van der Waals surface area contributed by atoms with E-state index in [1.54, 1.807) is 7.11 Å².